The Morgan fingerprint density at radius 2 is 1.60 bits per heavy atom. The molecule has 1 saturated heterocycles. The molecule has 1 aliphatic heterocycles. The first-order valence-electron chi connectivity index (χ1n) is 20.1. The first-order chi connectivity index (χ1) is 27.2. The van der Waals surface area contributed by atoms with Crippen molar-refractivity contribution in [2.75, 3.05) is 25.5 Å². The Labute approximate surface area is 334 Å². The maximum absolute atomic E-state index is 14.7. The number of para-hydroxylation sites is 1. The van der Waals surface area contributed by atoms with Gasteiger partial charge in [0, 0.05) is 44.3 Å². The molecule has 2 heterocycles. The number of ketones is 1. The number of hydrogen-bond donors (Lipinski definition) is 5. The molecule has 0 radical (unpaired) electrons. The molecule has 5 atom stereocenters. The third-order valence-electron chi connectivity index (χ3n) is 11.0. The van der Waals surface area contributed by atoms with Gasteiger partial charge in [0.1, 0.15) is 17.8 Å². The summed E-state index contributed by atoms with van der Waals surface area (Å²) >= 11 is 0. The third-order valence-corrected chi connectivity index (χ3v) is 11.0. The first-order valence-corrected chi connectivity index (χ1v) is 20.1. The van der Waals surface area contributed by atoms with Gasteiger partial charge in [-0.15, -0.1) is 0 Å². The quantitative estimate of drug-likeness (QED) is 0.168. The number of likely N-dealkylation sites (tertiary alicyclic amines) is 1. The molecule has 16 nitrogen and oxygen atoms in total. The molecule has 0 bridgehead atoms. The monoisotopic (exact) mass is 787 g/mol. The Balaban J connectivity index is 1.38. The molecule has 2 aromatic rings. The number of hydrogen-bond acceptors (Lipinski definition) is 9. The average molecular weight is 788 g/mol. The summed E-state index contributed by atoms with van der Waals surface area (Å²) in [4.78, 5) is 107. The minimum Gasteiger partial charge on any atom is -0.347 e. The van der Waals surface area contributed by atoms with Crippen molar-refractivity contribution >= 4 is 47.0 Å². The van der Waals surface area contributed by atoms with E-state index in [2.05, 4.69) is 36.6 Å². The van der Waals surface area contributed by atoms with Gasteiger partial charge in [-0.05, 0) is 55.6 Å². The van der Waals surface area contributed by atoms with Crippen LogP contribution in [0.25, 0.3) is 0 Å². The van der Waals surface area contributed by atoms with E-state index in [1.54, 1.807) is 24.3 Å². The molecule has 57 heavy (non-hydrogen) atoms. The van der Waals surface area contributed by atoms with Gasteiger partial charge in [0.25, 0.3) is 11.8 Å². The Hall–Kier alpha value is -5.41. The molecule has 5 rings (SSSR count). The Morgan fingerprint density at radius 1 is 0.895 bits per heavy atom. The summed E-state index contributed by atoms with van der Waals surface area (Å²) in [6.45, 7) is 7.15. The summed E-state index contributed by atoms with van der Waals surface area (Å²) < 4.78 is 0. The number of anilines is 1. The molecule has 1 aromatic heterocycles. The van der Waals surface area contributed by atoms with E-state index in [9.17, 15) is 33.6 Å². The van der Waals surface area contributed by atoms with Crippen LogP contribution in [0.3, 0.4) is 0 Å². The van der Waals surface area contributed by atoms with E-state index in [0.29, 0.717) is 12.1 Å². The normalized spacial score (nSPS) is 20.0. The van der Waals surface area contributed by atoms with Gasteiger partial charge in [-0.3, -0.25) is 33.8 Å². The van der Waals surface area contributed by atoms with Crippen LogP contribution >= 0.6 is 0 Å². The predicted octanol–water partition coefficient (Wildman–Crippen LogP) is 2.81. The number of amides is 7. The topological polar surface area (TPSA) is 212 Å². The van der Waals surface area contributed by atoms with Crippen LogP contribution in [-0.2, 0) is 24.0 Å². The van der Waals surface area contributed by atoms with Gasteiger partial charge in [0.2, 0.25) is 23.5 Å². The van der Waals surface area contributed by atoms with E-state index in [4.69, 9.17) is 0 Å². The standard InChI is InChI=1S/C41H57N9O7/c1-6-13-29(33(51)38(55)44-27-18-19-27)46-35(52)28-23-50(40(57)45-26-16-11-8-12-17-26)24-31(28)49(5)39(56)34(41(2,3)4)48-37(54)32(25-14-9-7-10-15-25)47-36(53)30-22-42-20-21-43-30/h8,11-12,16-17,20-22,25,27-29,31-32,34H,6-7,9-10,13-15,18-19,23-24H2,1-5H3,(H,44,55)(H,45,57)(H,46,52)(H,47,53)(H,48,54)/t28-,29+,31+,32+,34-/m1/s1. The van der Waals surface area contributed by atoms with Gasteiger partial charge in [-0.25, -0.2) is 9.78 Å². The molecule has 3 fully saturated rings. The van der Waals surface area contributed by atoms with Gasteiger partial charge in [-0.1, -0.05) is 71.6 Å². The highest BCUT2D eigenvalue weighted by Crippen LogP contribution is 2.30. The lowest BCUT2D eigenvalue weighted by atomic mass is 9.82. The summed E-state index contributed by atoms with van der Waals surface area (Å²) in [5.74, 6) is -4.81. The fourth-order valence-corrected chi connectivity index (χ4v) is 7.55. The summed E-state index contributed by atoms with van der Waals surface area (Å²) in [5, 5.41) is 14.1. The van der Waals surface area contributed by atoms with Crippen LogP contribution in [0, 0.1) is 17.3 Å². The van der Waals surface area contributed by atoms with Crippen molar-refractivity contribution in [1.29, 1.82) is 0 Å². The van der Waals surface area contributed by atoms with E-state index < -0.39 is 76.9 Å². The lowest BCUT2D eigenvalue weighted by Gasteiger charge is -2.38. The van der Waals surface area contributed by atoms with Crippen LogP contribution in [0.15, 0.2) is 48.9 Å². The molecule has 2 saturated carbocycles. The third kappa shape index (κ3) is 11.3. The molecular formula is C41H57N9O7. The van der Waals surface area contributed by atoms with Crippen molar-refractivity contribution < 1.29 is 33.6 Å². The Morgan fingerprint density at radius 3 is 2.21 bits per heavy atom. The van der Waals surface area contributed by atoms with Gasteiger partial charge >= 0.3 is 6.03 Å². The minimum absolute atomic E-state index is 0.0305. The van der Waals surface area contributed by atoms with Gasteiger partial charge < -0.3 is 36.4 Å². The summed E-state index contributed by atoms with van der Waals surface area (Å²) in [6, 6.07) is 4.27. The second kappa shape index (κ2) is 19.2. The highest BCUT2D eigenvalue weighted by molar-refractivity contribution is 6.38. The van der Waals surface area contributed by atoms with E-state index in [-0.39, 0.29) is 37.2 Å². The van der Waals surface area contributed by atoms with Crippen molar-refractivity contribution in [3.8, 4) is 0 Å². The fourth-order valence-electron chi connectivity index (χ4n) is 7.55. The Bertz CT molecular complexity index is 1760. The molecule has 2 aliphatic carbocycles. The molecule has 16 heteroatoms. The molecule has 3 aliphatic rings. The van der Waals surface area contributed by atoms with E-state index >= 15 is 0 Å². The molecule has 1 aromatic carbocycles. The maximum atomic E-state index is 14.7. The van der Waals surface area contributed by atoms with Crippen molar-refractivity contribution in [3.05, 3.63) is 54.6 Å². The van der Waals surface area contributed by atoms with Crippen molar-refractivity contribution in [3.63, 3.8) is 0 Å². The van der Waals surface area contributed by atoms with Gasteiger partial charge in [-0.2, -0.15) is 0 Å². The number of likely N-dealkylation sites (N-methyl/N-ethyl adjacent to an activating group) is 1. The van der Waals surface area contributed by atoms with Crippen LogP contribution in [0.5, 0.6) is 0 Å². The highest BCUT2D eigenvalue weighted by atomic mass is 16.2. The average Bonchev–Trinajstić information content (AvgIpc) is 3.91. The molecule has 308 valence electrons. The number of urea groups is 1. The maximum Gasteiger partial charge on any atom is 0.321 e. The molecular weight excluding hydrogens is 731 g/mol. The Kier molecular flexibility index (Phi) is 14.4. The molecule has 0 spiro atoms. The van der Waals surface area contributed by atoms with Crippen LogP contribution in [0.2, 0.25) is 0 Å². The zero-order chi connectivity index (χ0) is 41.3. The molecule has 0 unspecified atom stereocenters. The molecule has 5 N–H and O–H groups in total. The fraction of sp³-hybridized carbons (Fsp3) is 0.585. The zero-order valence-electron chi connectivity index (χ0n) is 33.6. The second-order valence-electron chi connectivity index (χ2n) is 16.5. The van der Waals surface area contributed by atoms with Crippen LogP contribution in [0.1, 0.15) is 96.0 Å². The smallest absolute Gasteiger partial charge is 0.321 e. The number of aromatic nitrogens is 2. The van der Waals surface area contributed by atoms with E-state index in [0.717, 1.165) is 44.9 Å². The van der Waals surface area contributed by atoms with Crippen molar-refractivity contribution in [2.24, 2.45) is 17.3 Å². The summed E-state index contributed by atoms with van der Waals surface area (Å²) in [6.07, 6.45) is 10.7. The number of carbonyl (C=O) groups is 7. The zero-order valence-corrected chi connectivity index (χ0v) is 33.6. The highest BCUT2D eigenvalue weighted by Gasteiger charge is 2.47. The molecule has 7 amide bonds. The van der Waals surface area contributed by atoms with Crippen molar-refractivity contribution in [2.45, 2.75) is 116 Å². The number of Topliss-reactive ketones (excluding diaryl/α,β-unsaturated/α-hetero) is 1. The lowest BCUT2D eigenvalue weighted by Crippen LogP contribution is -2.61. The van der Waals surface area contributed by atoms with Crippen LogP contribution in [0.4, 0.5) is 10.5 Å². The van der Waals surface area contributed by atoms with Crippen molar-refractivity contribution in [1.82, 2.24) is 41.0 Å². The second-order valence-corrected chi connectivity index (χ2v) is 16.5. The predicted molar refractivity (Wildman–Crippen MR) is 211 cm³/mol. The van der Waals surface area contributed by atoms with Gasteiger partial charge in [0.05, 0.1) is 24.2 Å². The largest absolute Gasteiger partial charge is 0.347 e. The SMILES string of the molecule is CCC[C@H](NC(=O)[C@@H]1CN(C(=O)Nc2ccccc2)C[C@@H]1N(C)C(=O)[C@@H](NC(=O)[C@@H](NC(=O)c1cnccn1)C1CCCCC1)C(C)(C)C)C(=O)C(=O)NC1CC1. The number of nitrogens with one attached hydrogen (secondary N) is 5. The number of carbonyl (C=O) groups excluding carboxylic acids is 7. The first kappa shape index (κ1) is 42.7. The minimum atomic E-state index is -1.11. The van der Waals surface area contributed by atoms with Crippen LogP contribution < -0.4 is 26.6 Å². The van der Waals surface area contributed by atoms with E-state index in [1.807, 2.05) is 33.8 Å². The lowest BCUT2D eigenvalue weighted by molar-refractivity contribution is -0.143. The number of rotatable bonds is 15. The van der Waals surface area contributed by atoms with Crippen LogP contribution in [-0.4, -0.2) is 111 Å². The summed E-state index contributed by atoms with van der Waals surface area (Å²) in [5.41, 5.74) is -0.227. The summed E-state index contributed by atoms with van der Waals surface area (Å²) in [7, 11) is 1.53. The number of nitrogens with zero attached hydrogens (tertiary/aromatic N) is 4. The van der Waals surface area contributed by atoms with Gasteiger partial charge in [0.15, 0.2) is 0 Å². The number of benzene rings is 1. The van der Waals surface area contributed by atoms with E-state index in [1.165, 1.54) is 35.4 Å².